The van der Waals surface area contributed by atoms with E-state index in [-0.39, 0.29) is 18.0 Å². The molecule has 10 heteroatoms. The Hall–Kier alpha value is -3.56. The molecule has 0 saturated heterocycles. The minimum atomic E-state index is -0.315. The van der Waals surface area contributed by atoms with Crippen LogP contribution in [0.15, 0.2) is 41.6 Å². The van der Waals surface area contributed by atoms with Gasteiger partial charge in [0.05, 0.1) is 0 Å². The maximum absolute atomic E-state index is 11.9. The van der Waals surface area contributed by atoms with E-state index in [2.05, 4.69) is 30.7 Å². The molecule has 0 radical (unpaired) electrons. The second kappa shape index (κ2) is 8.21. The Morgan fingerprint density at radius 2 is 2.04 bits per heavy atom. The molecule has 27 heavy (non-hydrogen) atoms. The van der Waals surface area contributed by atoms with Gasteiger partial charge in [-0.25, -0.2) is 19.6 Å². The van der Waals surface area contributed by atoms with E-state index in [0.717, 1.165) is 16.3 Å². The minimum Gasteiger partial charge on any atom is -0.368 e. The van der Waals surface area contributed by atoms with Gasteiger partial charge < -0.3 is 10.6 Å². The molecular formula is C17H20N8O2. The molecule has 0 aromatic carbocycles. The summed E-state index contributed by atoms with van der Waals surface area (Å²) in [5.41, 5.74) is -0.315. The fourth-order valence-corrected chi connectivity index (χ4v) is 2.48. The largest absolute Gasteiger partial charge is 0.368 e. The first kappa shape index (κ1) is 18.2. The van der Waals surface area contributed by atoms with Crippen molar-refractivity contribution < 1.29 is 4.79 Å². The fourth-order valence-electron chi connectivity index (χ4n) is 2.48. The van der Waals surface area contributed by atoms with Crippen LogP contribution >= 0.6 is 0 Å². The Balaban J connectivity index is 1.53. The van der Waals surface area contributed by atoms with Gasteiger partial charge >= 0.3 is 0 Å². The highest BCUT2D eigenvalue weighted by Gasteiger charge is 2.07. The molecule has 0 aliphatic carbocycles. The van der Waals surface area contributed by atoms with Crippen LogP contribution in [0.2, 0.25) is 0 Å². The summed E-state index contributed by atoms with van der Waals surface area (Å²) in [6, 6.07) is 4.71. The quantitative estimate of drug-likeness (QED) is 0.566. The topological polar surface area (TPSA) is 120 Å². The van der Waals surface area contributed by atoms with Crippen LogP contribution < -0.4 is 16.2 Å². The van der Waals surface area contributed by atoms with Crippen molar-refractivity contribution in [2.24, 2.45) is 0 Å². The number of hydrogen-bond acceptors (Lipinski definition) is 7. The number of imidazole rings is 1. The molecule has 0 unspecified atom stereocenters. The summed E-state index contributed by atoms with van der Waals surface area (Å²) in [6.45, 7) is 4.45. The van der Waals surface area contributed by atoms with Crippen LogP contribution in [-0.4, -0.2) is 48.3 Å². The molecule has 2 N–H and O–H groups in total. The van der Waals surface area contributed by atoms with Crippen molar-refractivity contribution in [3.05, 3.63) is 58.8 Å². The lowest BCUT2D eigenvalue weighted by Crippen LogP contribution is -2.35. The van der Waals surface area contributed by atoms with Gasteiger partial charge in [-0.15, -0.1) is 0 Å². The van der Waals surface area contributed by atoms with Crippen molar-refractivity contribution in [3.8, 4) is 5.82 Å². The van der Waals surface area contributed by atoms with Gasteiger partial charge in [0.1, 0.15) is 29.8 Å². The molecule has 0 saturated carbocycles. The first-order valence-corrected chi connectivity index (χ1v) is 8.41. The van der Waals surface area contributed by atoms with Crippen LogP contribution in [0.25, 0.3) is 5.82 Å². The maximum atomic E-state index is 11.9. The summed E-state index contributed by atoms with van der Waals surface area (Å²) < 4.78 is 2.97. The number of hydrogen-bond donors (Lipinski definition) is 2. The second-order valence-electron chi connectivity index (χ2n) is 5.80. The number of rotatable bonds is 7. The number of carbonyl (C=O) groups excluding carboxylic acids is 1. The van der Waals surface area contributed by atoms with Crippen LogP contribution in [0.1, 0.15) is 11.6 Å². The zero-order chi connectivity index (χ0) is 19.2. The van der Waals surface area contributed by atoms with Crippen LogP contribution in [-0.2, 0) is 11.3 Å². The molecule has 3 heterocycles. The number of aromatic nitrogens is 6. The molecule has 1 amide bonds. The van der Waals surface area contributed by atoms with E-state index < -0.39 is 0 Å². The van der Waals surface area contributed by atoms with Gasteiger partial charge in [-0.3, -0.25) is 14.2 Å². The summed E-state index contributed by atoms with van der Waals surface area (Å²) >= 11 is 0. The SMILES string of the molecule is Cc1nc(NCCNC(=O)Cn2ncccc2=O)cc(-n2ccnc2C)n1. The third-order valence-electron chi connectivity index (χ3n) is 3.73. The summed E-state index contributed by atoms with van der Waals surface area (Å²) in [7, 11) is 0. The summed E-state index contributed by atoms with van der Waals surface area (Å²) in [5.74, 6) is 2.54. The predicted molar refractivity (Wildman–Crippen MR) is 98.6 cm³/mol. The zero-order valence-corrected chi connectivity index (χ0v) is 15.1. The van der Waals surface area contributed by atoms with Gasteiger partial charge in [0.2, 0.25) is 5.91 Å². The van der Waals surface area contributed by atoms with Crippen LogP contribution in [0.5, 0.6) is 0 Å². The van der Waals surface area contributed by atoms with Gasteiger partial charge in [-0.05, 0) is 19.9 Å². The lowest BCUT2D eigenvalue weighted by Gasteiger charge is -2.11. The first-order valence-electron chi connectivity index (χ1n) is 8.41. The van der Waals surface area contributed by atoms with Gasteiger partial charge in [0.15, 0.2) is 0 Å². The molecule has 140 valence electrons. The molecule has 10 nitrogen and oxygen atoms in total. The Morgan fingerprint density at radius 1 is 1.19 bits per heavy atom. The highest BCUT2D eigenvalue weighted by atomic mass is 16.2. The van der Waals surface area contributed by atoms with Crippen LogP contribution in [0.4, 0.5) is 5.82 Å². The minimum absolute atomic E-state index is 0.115. The first-order chi connectivity index (χ1) is 13.0. The zero-order valence-electron chi connectivity index (χ0n) is 15.1. The van der Waals surface area contributed by atoms with E-state index in [1.54, 1.807) is 6.20 Å². The Kier molecular flexibility index (Phi) is 5.55. The highest BCUT2D eigenvalue weighted by Crippen LogP contribution is 2.12. The summed E-state index contributed by atoms with van der Waals surface area (Å²) in [5, 5.41) is 9.74. The standard InChI is InChI=1S/C17H20N8O2/c1-12-22-14(10-15(23-12)24-9-8-18-13(24)2)19-6-7-20-16(26)11-25-17(27)4-3-5-21-25/h3-5,8-10H,6-7,11H2,1-2H3,(H,20,26)(H,19,22,23). The Morgan fingerprint density at radius 3 is 2.78 bits per heavy atom. The van der Waals surface area contributed by atoms with Crippen molar-refractivity contribution in [2.45, 2.75) is 20.4 Å². The smallest absolute Gasteiger partial charge is 0.267 e. The van der Waals surface area contributed by atoms with Crippen molar-refractivity contribution in [3.63, 3.8) is 0 Å². The maximum Gasteiger partial charge on any atom is 0.267 e. The average molecular weight is 368 g/mol. The fraction of sp³-hybridized carbons (Fsp3) is 0.294. The van der Waals surface area contributed by atoms with Crippen molar-refractivity contribution in [2.75, 3.05) is 18.4 Å². The molecule has 0 bridgehead atoms. The predicted octanol–water partition coefficient (Wildman–Crippen LogP) is 0.0641. The third kappa shape index (κ3) is 4.75. The van der Waals surface area contributed by atoms with Gasteiger partial charge in [0, 0.05) is 43.8 Å². The Labute approximate surface area is 155 Å². The van der Waals surface area contributed by atoms with Crippen molar-refractivity contribution in [1.29, 1.82) is 0 Å². The number of nitrogens with zero attached hydrogens (tertiary/aromatic N) is 6. The molecule has 3 aromatic rings. The molecule has 0 atom stereocenters. The van der Waals surface area contributed by atoms with E-state index in [1.165, 1.54) is 18.3 Å². The molecule has 0 aliphatic rings. The molecule has 3 rings (SSSR count). The number of carbonyl (C=O) groups is 1. The van der Waals surface area contributed by atoms with Gasteiger partial charge in [0.25, 0.3) is 5.56 Å². The van der Waals surface area contributed by atoms with Gasteiger partial charge in [-0.2, -0.15) is 5.10 Å². The molecule has 0 fully saturated rings. The number of anilines is 1. The Bertz CT molecular complexity index is 994. The van der Waals surface area contributed by atoms with Crippen molar-refractivity contribution in [1.82, 2.24) is 34.6 Å². The summed E-state index contributed by atoms with van der Waals surface area (Å²) in [6.07, 6.45) is 5.01. The summed E-state index contributed by atoms with van der Waals surface area (Å²) in [4.78, 5) is 36.4. The molecular weight excluding hydrogens is 348 g/mol. The third-order valence-corrected chi connectivity index (χ3v) is 3.73. The molecule has 3 aromatic heterocycles. The number of nitrogens with one attached hydrogen (secondary N) is 2. The number of amides is 1. The van der Waals surface area contributed by atoms with E-state index in [4.69, 9.17) is 0 Å². The highest BCUT2D eigenvalue weighted by molar-refractivity contribution is 5.75. The normalized spacial score (nSPS) is 10.6. The molecule has 0 aliphatic heterocycles. The molecule has 0 spiro atoms. The van der Waals surface area contributed by atoms with E-state index >= 15 is 0 Å². The van der Waals surface area contributed by atoms with Crippen LogP contribution in [0.3, 0.4) is 0 Å². The van der Waals surface area contributed by atoms with Crippen molar-refractivity contribution >= 4 is 11.7 Å². The second-order valence-corrected chi connectivity index (χ2v) is 5.80. The van der Waals surface area contributed by atoms with E-state index in [0.29, 0.717) is 24.7 Å². The number of aryl methyl sites for hydroxylation is 2. The average Bonchev–Trinajstić information content (AvgIpc) is 3.06. The van der Waals surface area contributed by atoms with E-state index in [1.807, 2.05) is 30.7 Å². The van der Waals surface area contributed by atoms with Gasteiger partial charge in [-0.1, -0.05) is 0 Å². The lowest BCUT2D eigenvalue weighted by atomic mass is 10.4. The lowest BCUT2D eigenvalue weighted by molar-refractivity contribution is -0.121. The van der Waals surface area contributed by atoms with Crippen LogP contribution in [0, 0.1) is 13.8 Å². The van der Waals surface area contributed by atoms with E-state index in [9.17, 15) is 9.59 Å². The monoisotopic (exact) mass is 368 g/mol.